The molecule has 0 unspecified atom stereocenters. The standard InChI is InChI=1S/C12H11BrClN3O/c1-17-9(4-5-16-17)7-15-12(18)8-2-3-11(14)10(13)6-8/h2-6H,7H2,1H3,(H,15,18). The van der Waals surface area contributed by atoms with Crippen LogP contribution in [0.5, 0.6) is 0 Å². The van der Waals surface area contributed by atoms with E-state index in [1.165, 1.54) is 0 Å². The van der Waals surface area contributed by atoms with Crippen LogP contribution in [-0.4, -0.2) is 15.7 Å². The van der Waals surface area contributed by atoms with E-state index in [0.717, 1.165) is 5.69 Å². The van der Waals surface area contributed by atoms with Crippen molar-refractivity contribution in [1.29, 1.82) is 0 Å². The van der Waals surface area contributed by atoms with Gasteiger partial charge in [0.05, 0.1) is 17.3 Å². The number of hydrogen-bond acceptors (Lipinski definition) is 2. The van der Waals surface area contributed by atoms with Gasteiger partial charge in [-0.2, -0.15) is 5.10 Å². The van der Waals surface area contributed by atoms with Gasteiger partial charge in [0.1, 0.15) is 0 Å². The molecule has 1 aromatic heterocycles. The number of aromatic nitrogens is 2. The van der Waals surface area contributed by atoms with Crippen LogP contribution < -0.4 is 5.32 Å². The first kappa shape index (κ1) is 13.1. The molecule has 0 atom stereocenters. The van der Waals surface area contributed by atoms with Crippen molar-refractivity contribution in [2.24, 2.45) is 7.05 Å². The van der Waals surface area contributed by atoms with E-state index in [1.54, 1.807) is 29.1 Å². The molecule has 0 spiro atoms. The van der Waals surface area contributed by atoms with Gasteiger partial charge in [-0.3, -0.25) is 9.48 Å². The third-order valence-electron chi connectivity index (χ3n) is 2.53. The second-order valence-corrected chi connectivity index (χ2v) is 5.02. The molecule has 2 aromatic rings. The van der Waals surface area contributed by atoms with E-state index >= 15 is 0 Å². The predicted octanol–water partition coefficient (Wildman–Crippen LogP) is 2.77. The predicted molar refractivity (Wildman–Crippen MR) is 73.5 cm³/mol. The third-order valence-corrected chi connectivity index (χ3v) is 3.75. The van der Waals surface area contributed by atoms with Crippen LogP contribution in [0.25, 0.3) is 0 Å². The maximum atomic E-state index is 11.9. The van der Waals surface area contributed by atoms with Crippen LogP contribution in [0.4, 0.5) is 0 Å². The molecule has 0 radical (unpaired) electrons. The lowest BCUT2D eigenvalue weighted by molar-refractivity contribution is 0.0950. The van der Waals surface area contributed by atoms with Gasteiger partial charge >= 0.3 is 0 Å². The van der Waals surface area contributed by atoms with Crippen molar-refractivity contribution in [3.05, 3.63) is 51.2 Å². The summed E-state index contributed by atoms with van der Waals surface area (Å²) in [6, 6.07) is 6.93. The highest BCUT2D eigenvalue weighted by Gasteiger charge is 2.08. The Morgan fingerprint density at radius 2 is 2.28 bits per heavy atom. The first-order valence-corrected chi connectivity index (χ1v) is 6.45. The zero-order valence-corrected chi connectivity index (χ0v) is 12.0. The van der Waals surface area contributed by atoms with Crippen molar-refractivity contribution in [2.45, 2.75) is 6.54 Å². The van der Waals surface area contributed by atoms with E-state index in [0.29, 0.717) is 21.6 Å². The number of hydrogen-bond donors (Lipinski definition) is 1. The van der Waals surface area contributed by atoms with Gasteiger partial charge < -0.3 is 5.32 Å². The van der Waals surface area contributed by atoms with Crippen LogP contribution in [0.2, 0.25) is 5.02 Å². The maximum Gasteiger partial charge on any atom is 0.251 e. The smallest absolute Gasteiger partial charge is 0.251 e. The van der Waals surface area contributed by atoms with Crippen LogP contribution >= 0.6 is 27.5 Å². The molecule has 0 aliphatic rings. The molecule has 1 heterocycles. The van der Waals surface area contributed by atoms with Gasteiger partial charge in [-0.15, -0.1) is 0 Å². The topological polar surface area (TPSA) is 46.9 Å². The van der Waals surface area contributed by atoms with Crippen LogP contribution in [0.15, 0.2) is 34.9 Å². The molecule has 94 valence electrons. The highest BCUT2D eigenvalue weighted by molar-refractivity contribution is 9.10. The summed E-state index contributed by atoms with van der Waals surface area (Å²) in [5.41, 5.74) is 1.50. The van der Waals surface area contributed by atoms with Gasteiger partial charge in [0.15, 0.2) is 0 Å². The molecule has 0 aliphatic heterocycles. The first-order chi connectivity index (χ1) is 8.58. The Kier molecular flexibility index (Phi) is 4.04. The molecule has 0 bridgehead atoms. The summed E-state index contributed by atoms with van der Waals surface area (Å²) in [7, 11) is 1.83. The number of amides is 1. The highest BCUT2D eigenvalue weighted by Crippen LogP contribution is 2.23. The lowest BCUT2D eigenvalue weighted by Gasteiger charge is -2.06. The zero-order valence-electron chi connectivity index (χ0n) is 9.65. The average molecular weight is 329 g/mol. The van der Waals surface area contributed by atoms with Crippen LogP contribution in [0, 0.1) is 0 Å². The summed E-state index contributed by atoms with van der Waals surface area (Å²) in [4.78, 5) is 11.9. The van der Waals surface area contributed by atoms with E-state index in [2.05, 4.69) is 26.3 Å². The van der Waals surface area contributed by atoms with Crippen molar-refractivity contribution in [3.63, 3.8) is 0 Å². The molecular weight excluding hydrogens is 318 g/mol. The minimum absolute atomic E-state index is 0.145. The normalized spacial score (nSPS) is 10.4. The van der Waals surface area contributed by atoms with E-state index in [1.807, 2.05) is 13.1 Å². The molecule has 4 nitrogen and oxygen atoms in total. The molecule has 1 N–H and O–H groups in total. The van der Waals surface area contributed by atoms with Gasteiger partial charge in [-0.05, 0) is 40.2 Å². The highest BCUT2D eigenvalue weighted by atomic mass is 79.9. The van der Waals surface area contributed by atoms with Crippen molar-refractivity contribution in [1.82, 2.24) is 15.1 Å². The summed E-state index contributed by atoms with van der Waals surface area (Å²) in [5, 5.41) is 7.44. The summed E-state index contributed by atoms with van der Waals surface area (Å²) >= 11 is 9.16. The average Bonchev–Trinajstić information content (AvgIpc) is 2.75. The first-order valence-electron chi connectivity index (χ1n) is 5.28. The maximum absolute atomic E-state index is 11.9. The molecule has 2 rings (SSSR count). The lowest BCUT2D eigenvalue weighted by atomic mass is 10.2. The number of benzene rings is 1. The monoisotopic (exact) mass is 327 g/mol. The minimum atomic E-state index is -0.145. The van der Waals surface area contributed by atoms with Crippen LogP contribution in [0.1, 0.15) is 16.1 Å². The van der Waals surface area contributed by atoms with E-state index in [4.69, 9.17) is 11.6 Å². The van der Waals surface area contributed by atoms with Gasteiger partial charge in [-0.25, -0.2) is 0 Å². The van der Waals surface area contributed by atoms with Crippen molar-refractivity contribution >= 4 is 33.4 Å². The van der Waals surface area contributed by atoms with E-state index < -0.39 is 0 Å². The van der Waals surface area contributed by atoms with E-state index in [9.17, 15) is 4.79 Å². The Balaban J connectivity index is 2.04. The fourth-order valence-corrected chi connectivity index (χ4v) is 1.98. The number of halogens is 2. The summed E-state index contributed by atoms with van der Waals surface area (Å²) in [6.07, 6.45) is 1.69. The number of nitrogens with one attached hydrogen (secondary N) is 1. The summed E-state index contributed by atoms with van der Waals surface area (Å²) in [6.45, 7) is 0.440. The molecule has 1 amide bonds. The van der Waals surface area contributed by atoms with Gasteiger partial charge in [-0.1, -0.05) is 11.6 Å². The summed E-state index contributed by atoms with van der Waals surface area (Å²) < 4.78 is 2.43. The Labute approximate surface area is 118 Å². The van der Waals surface area contributed by atoms with Crippen molar-refractivity contribution < 1.29 is 4.79 Å². The number of nitrogens with zero attached hydrogens (tertiary/aromatic N) is 2. The Morgan fingerprint density at radius 3 is 2.89 bits per heavy atom. The minimum Gasteiger partial charge on any atom is -0.346 e. The van der Waals surface area contributed by atoms with Gasteiger partial charge in [0.2, 0.25) is 0 Å². The fraction of sp³-hybridized carbons (Fsp3) is 0.167. The lowest BCUT2D eigenvalue weighted by Crippen LogP contribution is -2.24. The second-order valence-electron chi connectivity index (χ2n) is 3.76. The fourth-order valence-electron chi connectivity index (χ4n) is 1.49. The van der Waals surface area contributed by atoms with Gasteiger partial charge in [0, 0.05) is 23.3 Å². The van der Waals surface area contributed by atoms with Crippen LogP contribution in [0.3, 0.4) is 0 Å². The SMILES string of the molecule is Cn1nccc1CNC(=O)c1ccc(Cl)c(Br)c1. The molecule has 6 heteroatoms. The van der Waals surface area contributed by atoms with Crippen LogP contribution in [-0.2, 0) is 13.6 Å². The molecule has 0 saturated heterocycles. The molecular formula is C12H11BrClN3O. The molecule has 18 heavy (non-hydrogen) atoms. The largest absolute Gasteiger partial charge is 0.346 e. The molecule has 1 aromatic carbocycles. The Hall–Kier alpha value is -1.33. The third kappa shape index (κ3) is 2.91. The molecule has 0 saturated carbocycles. The Morgan fingerprint density at radius 1 is 1.50 bits per heavy atom. The van der Waals surface area contributed by atoms with Gasteiger partial charge in [0.25, 0.3) is 5.91 Å². The number of carbonyl (C=O) groups excluding carboxylic acids is 1. The van der Waals surface area contributed by atoms with Crippen molar-refractivity contribution in [2.75, 3.05) is 0 Å². The molecule has 0 aliphatic carbocycles. The Bertz CT molecular complexity index is 582. The molecule has 0 fully saturated rings. The number of rotatable bonds is 3. The second kappa shape index (κ2) is 5.54. The van der Waals surface area contributed by atoms with E-state index in [-0.39, 0.29) is 5.91 Å². The summed E-state index contributed by atoms with van der Waals surface area (Å²) in [5.74, 6) is -0.145. The number of aryl methyl sites for hydroxylation is 1. The van der Waals surface area contributed by atoms with Crippen molar-refractivity contribution in [3.8, 4) is 0 Å². The quantitative estimate of drug-likeness (QED) is 0.942. The zero-order chi connectivity index (χ0) is 13.1. The number of carbonyl (C=O) groups is 1.